The predicted octanol–water partition coefficient (Wildman–Crippen LogP) is 2.06. The van der Waals surface area contributed by atoms with Crippen molar-refractivity contribution >= 4 is 11.9 Å². The maximum Gasteiger partial charge on any atom is 0.335 e. The van der Waals surface area contributed by atoms with Gasteiger partial charge in [0.15, 0.2) is 5.82 Å². The highest BCUT2D eigenvalue weighted by molar-refractivity contribution is 5.96. The fourth-order valence-corrected chi connectivity index (χ4v) is 3.02. The molecule has 0 radical (unpaired) electrons. The van der Waals surface area contributed by atoms with Crippen molar-refractivity contribution in [1.82, 2.24) is 20.4 Å². The van der Waals surface area contributed by atoms with Crippen LogP contribution in [0.2, 0.25) is 0 Å². The molecule has 0 saturated heterocycles. The van der Waals surface area contributed by atoms with E-state index < -0.39 is 17.4 Å². The van der Waals surface area contributed by atoms with Gasteiger partial charge in [-0.15, -0.1) is 0 Å². The summed E-state index contributed by atoms with van der Waals surface area (Å²) in [4.78, 5) is 32.0. The van der Waals surface area contributed by atoms with Crippen LogP contribution >= 0.6 is 0 Å². The molecule has 3 rings (SSSR count). The van der Waals surface area contributed by atoms with E-state index in [1.54, 1.807) is 6.92 Å². The van der Waals surface area contributed by atoms with Crippen LogP contribution in [0.4, 0.5) is 0 Å². The van der Waals surface area contributed by atoms with Crippen molar-refractivity contribution in [2.45, 2.75) is 44.6 Å². The molecule has 0 aromatic carbocycles. The molecule has 8 heteroatoms. The second-order valence-corrected chi connectivity index (χ2v) is 5.97. The number of amides is 1. The van der Waals surface area contributed by atoms with Gasteiger partial charge >= 0.3 is 5.97 Å². The molecule has 1 amide bonds. The van der Waals surface area contributed by atoms with Crippen LogP contribution < -0.4 is 5.32 Å². The molecule has 0 atom stereocenters. The maximum atomic E-state index is 12.6. The normalized spacial score (nSPS) is 16.5. The Labute approximate surface area is 138 Å². The highest BCUT2D eigenvalue weighted by atomic mass is 16.5. The van der Waals surface area contributed by atoms with E-state index in [9.17, 15) is 9.59 Å². The lowest BCUT2D eigenvalue weighted by Crippen LogP contribution is -2.48. The zero-order chi connectivity index (χ0) is 17.2. The van der Waals surface area contributed by atoms with Gasteiger partial charge in [0, 0.05) is 13.1 Å². The number of hydrogen-bond donors (Lipinski definition) is 2. The Bertz CT molecular complexity index is 765. The minimum Gasteiger partial charge on any atom is -0.478 e. The molecule has 0 bridgehead atoms. The lowest BCUT2D eigenvalue weighted by molar-refractivity contribution is 0.0696. The monoisotopic (exact) mass is 330 g/mol. The van der Waals surface area contributed by atoms with Crippen molar-refractivity contribution in [3.05, 3.63) is 41.3 Å². The zero-order valence-electron chi connectivity index (χ0n) is 13.3. The smallest absolute Gasteiger partial charge is 0.335 e. The lowest BCUT2D eigenvalue weighted by atomic mass is 9.81. The summed E-state index contributed by atoms with van der Waals surface area (Å²) >= 11 is 0. The van der Waals surface area contributed by atoms with E-state index in [0.29, 0.717) is 24.6 Å². The minimum absolute atomic E-state index is 0.0169. The number of pyridine rings is 1. The summed E-state index contributed by atoms with van der Waals surface area (Å²) in [6.07, 6.45) is 5.69. The first-order valence-electron chi connectivity index (χ1n) is 7.83. The number of aryl methyl sites for hydroxylation is 1. The largest absolute Gasteiger partial charge is 0.478 e. The molecule has 0 spiro atoms. The number of rotatable bonds is 4. The summed E-state index contributed by atoms with van der Waals surface area (Å²) in [7, 11) is 0. The Kier molecular flexibility index (Phi) is 4.28. The summed E-state index contributed by atoms with van der Waals surface area (Å²) in [5, 5.41) is 16.0. The summed E-state index contributed by atoms with van der Waals surface area (Å²) < 4.78 is 5.07. The number of nitrogens with zero attached hydrogens (tertiary/aromatic N) is 3. The fraction of sp³-hybridized carbons (Fsp3) is 0.438. The van der Waals surface area contributed by atoms with E-state index in [2.05, 4.69) is 20.4 Å². The minimum atomic E-state index is -1.10. The summed E-state index contributed by atoms with van der Waals surface area (Å²) in [6, 6.07) is 2.60. The SMILES string of the molecule is Cc1nc(C2(NC(=O)c3cc(C(=O)O)ccn3)CCCCC2)no1. The van der Waals surface area contributed by atoms with E-state index in [1.165, 1.54) is 18.3 Å². The quantitative estimate of drug-likeness (QED) is 0.880. The van der Waals surface area contributed by atoms with E-state index >= 15 is 0 Å². The van der Waals surface area contributed by atoms with Gasteiger partial charge in [0.05, 0.1) is 5.56 Å². The molecule has 126 valence electrons. The van der Waals surface area contributed by atoms with Crippen LogP contribution in [0.1, 0.15) is 64.7 Å². The van der Waals surface area contributed by atoms with Gasteiger partial charge in [-0.25, -0.2) is 4.79 Å². The molecular weight excluding hydrogens is 312 g/mol. The Morgan fingerprint density at radius 1 is 1.29 bits per heavy atom. The van der Waals surface area contributed by atoms with Crippen LogP contribution in [0.25, 0.3) is 0 Å². The Morgan fingerprint density at radius 3 is 2.67 bits per heavy atom. The standard InChI is InChI=1S/C16H18N4O4/c1-10-18-15(20-24-10)16(6-3-2-4-7-16)19-13(21)12-9-11(14(22)23)5-8-17-12/h5,8-9H,2-4,6-7H2,1H3,(H,19,21)(H,22,23). The van der Waals surface area contributed by atoms with Crippen molar-refractivity contribution in [3.63, 3.8) is 0 Å². The van der Waals surface area contributed by atoms with Gasteiger partial charge in [0.25, 0.3) is 5.91 Å². The Morgan fingerprint density at radius 2 is 2.04 bits per heavy atom. The van der Waals surface area contributed by atoms with E-state index in [1.807, 2.05) is 0 Å². The molecule has 1 aliphatic rings. The molecule has 1 aliphatic carbocycles. The summed E-state index contributed by atoms with van der Waals surface area (Å²) in [6.45, 7) is 1.70. The third-order valence-electron chi connectivity index (χ3n) is 4.26. The molecule has 1 fully saturated rings. The van der Waals surface area contributed by atoms with Gasteiger partial charge in [0.2, 0.25) is 5.89 Å². The average molecular weight is 330 g/mol. The molecule has 0 aliphatic heterocycles. The second kappa shape index (κ2) is 6.38. The van der Waals surface area contributed by atoms with Gasteiger partial charge in [-0.05, 0) is 25.0 Å². The Hall–Kier alpha value is -2.77. The number of carboxylic acid groups (broad SMARTS) is 1. The summed E-state index contributed by atoms with van der Waals surface area (Å²) in [5.41, 5.74) is -0.628. The van der Waals surface area contributed by atoms with Gasteiger partial charge in [-0.1, -0.05) is 24.4 Å². The van der Waals surface area contributed by atoms with E-state index in [-0.39, 0.29) is 11.3 Å². The molecule has 0 unspecified atom stereocenters. The number of nitrogens with one attached hydrogen (secondary N) is 1. The van der Waals surface area contributed by atoms with Gasteiger partial charge in [-0.3, -0.25) is 9.78 Å². The highest BCUT2D eigenvalue weighted by Crippen LogP contribution is 2.35. The highest BCUT2D eigenvalue weighted by Gasteiger charge is 2.40. The first kappa shape index (κ1) is 16.1. The first-order valence-corrected chi connectivity index (χ1v) is 7.83. The van der Waals surface area contributed by atoms with Crippen molar-refractivity contribution < 1.29 is 19.2 Å². The third kappa shape index (κ3) is 3.12. The lowest BCUT2D eigenvalue weighted by Gasteiger charge is -2.35. The maximum absolute atomic E-state index is 12.6. The molecule has 24 heavy (non-hydrogen) atoms. The molecule has 2 heterocycles. The van der Waals surface area contributed by atoms with Gasteiger partial charge in [0.1, 0.15) is 11.2 Å². The number of aromatic carboxylic acids is 1. The second-order valence-electron chi connectivity index (χ2n) is 5.97. The molecular formula is C16H18N4O4. The molecule has 2 N–H and O–H groups in total. The molecule has 2 aromatic heterocycles. The van der Waals surface area contributed by atoms with Crippen LogP contribution in [0.15, 0.2) is 22.9 Å². The van der Waals surface area contributed by atoms with Crippen LogP contribution in [-0.2, 0) is 5.54 Å². The van der Waals surface area contributed by atoms with Crippen molar-refractivity contribution in [3.8, 4) is 0 Å². The number of carbonyl (C=O) groups excluding carboxylic acids is 1. The topological polar surface area (TPSA) is 118 Å². The first-order chi connectivity index (χ1) is 11.5. The summed E-state index contributed by atoms with van der Waals surface area (Å²) in [5.74, 6) is -0.646. The van der Waals surface area contributed by atoms with Crippen molar-refractivity contribution in [1.29, 1.82) is 0 Å². The fourth-order valence-electron chi connectivity index (χ4n) is 3.02. The van der Waals surface area contributed by atoms with Gasteiger partial charge < -0.3 is 14.9 Å². The molecule has 1 saturated carbocycles. The molecule has 2 aromatic rings. The van der Waals surface area contributed by atoms with E-state index in [0.717, 1.165) is 19.3 Å². The van der Waals surface area contributed by atoms with Crippen LogP contribution in [0, 0.1) is 6.92 Å². The number of hydrogen-bond acceptors (Lipinski definition) is 6. The average Bonchev–Trinajstić information content (AvgIpc) is 3.03. The predicted molar refractivity (Wildman–Crippen MR) is 82.5 cm³/mol. The van der Waals surface area contributed by atoms with Crippen LogP contribution in [0.3, 0.4) is 0 Å². The van der Waals surface area contributed by atoms with Gasteiger partial charge in [-0.2, -0.15) is 4.98 Å². The zero-order valence-corrected chi connectivity index (χ0v) is 13.3. The van der Waals surface area contributed by atoms with E-state index in [4.69, 9.17) is 9.63 Å². The number of carbonyl (C=O) groups is 2. The number of aromatic nitrogens is 3. The van der Waals surface area contributed by atoms with Crippen LogP contribution in [-0.4, -0.2) is 32.1 Å². The number of carboxylic acids is 1. The van der Waals surface area contributed by atoms with Crippen molar-refractivity contribution in [2.75, 3.05) is 0 Å². The van der Waals surface area contributed by atoms with Crippen LogP contribution in [0.5, 0.6) is 0 Å². The van der Waals surface area contributed by atoms with Crippen molar-refractivity contribution in [2.24, 2.45) is 0 Å². The molecule has 8 nitrogen and oxygen atoms in total. The Balaban J connectivity index is 1.89. The third-order valence-corrected chi connectivity index (χ3v) is 4.26.